The zero-order valence-corrected chi connectivity index (χ0v) is 11.5. The summed E-state index contributed by atoms with van der Waals surface area (Å²) >= 11 is 0. The van der Waals surface area contributed by atoms with Gasteiger partial charge in [0.15, 0.2) is 6.29 Å². The van der Waals surface area contributed by atoms with Crippen LogP contribution in [0.5, 0.6) is 0 Å². The van der Waals surface area contributed by atoms with Crippen LogP contribution < -0.4 is 0 Å². The van der Waals surface area contributed by atoms with Gasteiger partial charge < -0.3 is 9.84 Å². The lowest BCUT2D eigenvalue weighted by molar-refractivity contribution is -0.222. The molecule has 1 aliphatic carbocycles. The van der Waals surface area contributed by atoms with Crippen LogP contribution in [0, 0.1) is 10.8 Å². The normalized spacial score (nSPS) is 22.1. The average molecular weight is 228 g/mol. The average Bonchev–Trinajstić information content (AvgIpc) is 2.17. The Kier molecular flexibility index (Phi) is 4.42. The molecule has 0 radical (unpaired) electrons. The van der Waals surface area contributed by atoms with Crippen LogP contribution in [0.25, 0.3) is 0 Å². The van der Waals surface area contributed by atoms with Crippen molar-refractivity contribution in [3.05, 3.63) is 0 Å². The van der Waals surface area contributed by atoms with Crippen molar-refractivity contribution in [1.82, 2.24) is 0 Å². The second kappa shape index (κ2) is 5.05. The van der Waals surface area contributed by atoms with Crippen molar-refractivity contribution in [3.8, 4) is 0 Å². The minimum atomic E-state index is -0.657. The molecule has 16 heavy (non-hydrogen) atoms. The molecular weight excluding hydrogens is 200 g/mol. The maximum Gasteiger partial charge on any atom is 0.160 e. The van der Waals surface area contributed by atoms with Gasteiger partial charge in [0.1, 0.15) is 0 Å². The molecule has 0 saturated heterocycles. The molecule has 0 amide bonds. The minimum absolute atomic E-state index is 0.0427. The van der Waals surface area contributed by atoms with Gasteiger partial charge >= 0.3 is 0 Å². The molecule has 1 fully saturated rings. The van der Waals surface area contributed by atoms with Gasteiger partial charge in [-0.15, -0.1) is 0 Å². The predicted molar refractivity (Wildman–Crippen MR) is 67.2 cm³/mol. The third kappa shape index (κ3) is 3.21. The fourth-order valence-electron chi connectivity index (χ4n) is 1.92. The van der Waals surface area contributed by atoms with E-state index in [1.807, 2.05) is 0 Å². The van der Waals surface area contributed by atoms with Gasteiger partial charge in [-0.25, -0.2) is 0 Å². The monoisotopic (exact) mass is 228 g/mol. The van der Waals surface area contributed by atoms with Crippen LogP contribution in [0.3, 0.4) is 0 Å². The first-order valence-corrected chi connectivity index (χ1v) is 6.58. The Morgan fingerprint density at radius 1 is 1.00 bits per heavy atom. The van der Waals surface area contributed by atoms with Crippen molar-refractivity contribution < 1.29 is 9.84 Å². The Balaban J connectivity index is 2.53. The molecule has 1 atom stereocenters. The van der Waals surface area contributed by atoms with Crippen LogP contribution >= 0.6 is 0 Å². The summed E-state index contributed by atoms with van der Waals surface area (Å²) in [7, 11) is 0. The maximum absolute atomic E-state index is 10.2. The van der Waals surface area contributed by atoms with Gasteiger partial charge in [0.25, 0.3) is 0 Å². The van der Waals surface area contributed by atoms with Crippen molar-refractivity contribution in [2.75, 3.05) is 0 Å². The Morgan fingerprint density at radius 2 is 1.50 bits per heavy atom. The fourth-order valence-corrected chi connectivity index (χ4v) is 1.92. The summed E-state index contributed by atoms with van der Waals surface area (Å²) in [5.41, 5.74) is -0.175. The van der Waals surface area contributed by atoms with E-state index in [2.05, 4.69) is 34.6 Å². The Labute approximate surface area is 100 Å². The molecule has 0 aromatic rings. The predicted octanol–water partition coefficient (Wildman–Crippen LogP) is 3.73. The van der Waals surface area contributed by atoms with Gasteiger partial charge in [-0.3, -0.25) is 0 Å². The van der Waals surface area contributed by atoms with E-state index in [-0.39, 0.29) is 16.9 Å². The number of aliphatic hydroxyl groups excluding tert-OH is 1. The smallest absolute Gasteiger partial charge is 0.160 e. The third-order valence-corrected chi connectivity index (χ3v) is 4.42. The van der Waals surface area contributed by atoms with Crippen LogP contribution in [-0.2, 0) is 4.74 Å². The second-order valence-corrected chi connectivity index (χ2v) is 6.72. The summed E-state index contributed by atoms with van der Waals surface area (Å²) in [4.78, 5) is 0. The lowest BCUT2D eigenvalue weighted by atomic mass is 9.69. The highest BCUT2D eigenvalue weighted by atomic mass is 16.6. The molecule has 0 aliphatic heterocycles. The van der Waals surface area contributed by atoms with Gasteiger partial charge in [-0.05, 0) is 18.3 Å². The van der Waals surface area contributed by atoms with Gasteiger partial charge in [0.2, 0.25) is 0 Å². The Hall–Kier alpha value is -0.0800. The van der Waals surface area contributed by atoms with E-state index in [1.165, 1.54) is 19.3 Å². The molecule has 2 nitrogen and oxygen atoms in total. The quantitative estimate of drug-likeness (QED) is 0.746. The zero-order chi connectivity index (χ0) is 12.4. The molecular formula is C14H28O2. The van der Waals surface area contributed by atoms with Crippen LogP contribution in [-0.4, -0.2) is 17.5 Å². The van der Waals surface area contributed by atoms with Gasteiger partial charge in [-0.1, -0.05) is 53.9 Å². The van der Waals surface area contributed by atoms with Crippen LogP contribution in [0.4, 0.5) is 0 Å². The van der Waals surface area contributed by atoms with Crippen molar-refractivity contribution in [1.29, 1.82) is 0 Å². The van der Waals surface area contributed by atoms with E-state index in [0.717, 1.165) is 12.8 Å². The lowest BCUT2D eigenvalue weighted by Gasteiger charge is -2.43. The van der Waals surface area contributed by atoms with Gasteiger partial charge in [0.05, 0.1) is 6.10 Å². The van der Waals surface area contributed by atoms with Crippen molar-refractivity contribution in [3.63, 3.8) is 0 Å². The number of ether oxygens (including phenoxy) is 1. The van der Waals surface area contributed by atoms with E-state index < -0.39 is 6.29 Å². The SMILES string of the molecule is CC(C)(C)C(C)(C)C(O)OC1CCCCC1. The standard InChI is InChI=1S/C14H28O2/c1-13(2,3)14(4,5)12(15)16-11-9-7-6-8-10-11/h11-12,15H,6-10H2,1-5H3. The topological polar surface area (TPSA) is 29.5 Å². The molecule has 96 valence electrons. The first-order valence-electron chi connectivity index (χ1n) is 6.58. The van der Waals surface area contributed by atoms with Crippen LogP contribution in [0.2, 0.25) is 0 Å². The first-order chi connectivity index (χ1) is 7.25. The molecule has 0 heterocycles. The fraction of sp³-hybridized carbons (Fsp3) is 1.00. The molecule has 0 aromatic heterocycles. The van der Waals surface area contributed by atoms with Crippen molar-refractivity contribution >= 4 is 0 Å². The number of hydrogen-bond donors (Lipinski definition) is 1. The summed E-state index contributed by atoms with van der Waals surface area (Å²) in [5, 5.41) is 10.2. The highest BCUT2D eigenvalue weighted by molar-refractivity contribution is 4.85. The minimum Gasteiger partial charge on any atom is -0.367 e. The number of hydrogen-bond acceptors (Lipinski definition) is 2. The van der Waals surface area contributed by atoms with E-state index in [4.69, 9.17) is 4.74 Å². The third-order valence-electron chi connectivity index (χ3n) is 4.42. The lowest BCUT2D eigenvalue weighted by Crippen LogP contribution is -2.44. The summed E-state index contributed by atoms with van der Waals surface area (Å²) < 4.78 is 5.84. The summed E-state index contributed by atoms with van der Waals surface area (Å²) in [6.45, 7) is 10.6. The summed E-state index contributed by atoms with van der Waals surface area (Å²) in [6, 6.07) is 0. The number of aliphatic hydroxyl groups is 1. The maximum atomic E-state index is 10.2. The molecule has 1 saturated carbocycles. The van der Waals surface area contributed by atoms with Gasteiger partial charge in [0, 0.05) is 5.41 Å². The Bertz CT molecular complexity index is 209. The highest BCUT2D eigenvalue weighted by Gasteiger charge is 2.41. The molecule has 1 N–H and O–H groups in total. The van der Waals surface area contributed by atoms with E-state index in [0.29, 0.717) is 0 Å². The molecule has 0 bridgehead atoms. The molecule has 0 spiro atoms. The molecule has 1 aliphatic rings. The molecule has 1 unspecified atom stereocenters. The van der Waals surface area contributed by atoms with Crippen molar-refractivity contribution in [2.24, 2.45) is 10.8 Å². The van der Waals surface area contributed by atoms with E-state index in [9.17, 15) is 5.11 Å². The molecule has 2 heteroatoms. The number of rotatable bonds is 3. The zero-order valence-electron chi connectivity index (χ0n) is 11.5. The van der Waals surface area contributed by atoms with Gasteiger partial charge in [-0.2, -0.15) is 0 Å². The highest BCUT2D eigenvalue weighted by Crippen LogP contribution is 2.42. The van der Waals surface area contributed by atoms with E-state index in [1.54, 1.807) is 0 Å². The Morgan fingerprint density at radius 3 is 1.94 bits per heavy atom. The molecule has 0 aromatic carbocycles. The van der Waals surface area contributed by atoms with Crippen LogP contribution in [0.15, 0.2) is 0 Å². The largest absolute Gasteiger partial charge is 0.367 e. The van der Waals surface area contributed by atoms with Crippen molar-refractivity contribution in [2.45, 2.75) is 79.1 Å². The first kappa shape index (κ1) is 14.0. The van der Waals surface area contributed by atoms with Crippen LogP contribution in [0.1, 0.15) is 66.7 Å². The summed E-state index contributed by atoms with van der Waals surface area (Å²) in [6.07, 6.45) is 5.63. The van der Waals surface area contributed by atoms with E-state index >= 15 is 0 Å². The summed E-state index contributed by atoms with van der Waals surface area (Å²) in [5.74, 6) is 0. The molecule has 1 rings (SSSR count). The second-order valence-electron chi connectivity index (χ2n) is 6.72.